The molecule has 0 spiro atoms. The van der Waals surface area contributed by atoms with Crippen LogP contribution in [0.5, 0.6) is 0 Å². The molecule has 1 heterocycles. The van der Waals surface area contributed by atoms with E-state index in [2.05, 4.69) is 53.1 Å². The Morgan fingerprint density at radius 2 is 1.45 bits per heavy atom. The summed E-state index contributed by atoms with van der Waals surface area (Å²) >= 11 is 0. The van der Waals surface area contributed by atoms with Crippen molar-refractivity contribution in [2.75, 3.05) is 30.9 Å². The normalized spacial score (nSPS) is 18.0. The van der Waals surface area contributed by atoms with Crippen LogP contribution < -0.4 is 15.5 Å². The molecule has 0 aliphatic heterocycles. The van der Waals surface area contributed by atoms with Gasteiger partial charge in [-0.2, -0.15) is 4.98 Å². The molecule has 192 valence electrons. The van der Waals surface area contributed by atoms with Crippen molar-refractivity contribution < 1.29 is 4.79 Å². The highest BCUT2D eigenvalue weighted by atomic mass is 16.1. The number of amides is 1. The molecule has 0 saturated heterocycles. The van der Waals surface area contributed by atoms with Gasteiger partial charge in [0.05, 0.1) is 5.52 Å². The topological polar surface area (TPSA) is 70.2 Å². The number of para-hydroxylation sites is 1. The lowest BCUT2D eigenvalue weighted by molar-refractivity contribution is -0.116. The van der Waals surface area contributed by atoms with Gasteiger partial charge >= 0.3 is 0 Å². The molecular weight excluding hydrogens is 470 g/mol. The quantitative estimate of drug-likeness (QED) is 0.283. The number of nitrogens with one attached hydrogen (secondary N) is 2. The Bertz CT molecular complexity index is 1470. The smallest absolute Gasteiger partial charge is 0.244 e. The summed E-state index contributed by atoms with van der Waals surface area (Å²) in [6.07, 6.45) is 5.98. The van der Waals surface area contributed by atoms with E-state index in [-0.39, 0.29) is 5.91 Å². The van der Waals surface area contributed by atoms with Crippen LogP contribution in [0.2, 0.25) is 0 Å². The predicted molar refractivity (Wildman–Crippen MR) is 155 cm³/mol. The molecule has 0 bridgehead atoms. The highest BCUT2D eigenvalue weighted by Gasteiger charge is 2.25. The predicted octanol–water partition coefficient (Wildman–Crippen LogP) is 5.90. The van der Waals surface area contributed by atoms with Crippen LogP contribution in [0.1, 0.15) is 36.8 Å². The molecular formula is C32H33N5O. The second kappa shape index (κ2) is 10.3. The van der Waals surface area contributed by atoms with Crippen LogP contribution >= 0.6 is 0 Å². The first-order valence-electron chi connectivity index (χ1n) is 13.5. The van der Waals surface area contributed by atoms with Gasteiger partial charge in [0.2, 0.25) is 11.9 Å². The van der Waals surface area contributed by atoms with Gasteiger partial charge in [-0.05, 0) is 71.6 Å². The summed E-state index contributed by atoms with van der Waals surface area (Å²) in [5.41, 5.74) is 6.61. The Hall–Kier alpha value is -4.19. The Morgan fingerprint density at radius 3 is 2.11 bits per heavy atom. The average Bonchev–Trinajstić information content (AvgIpc) is 3.25. The number of aromatic nitrogens is 2. The molecule has 2 aliphatic rings. The van der Waals surface area contributed by atoms with Crippen LogP contribution in [0, 0.1) is 5.92 Å². The second-order valence-electron chi connectivity index (χ2n) is 10.5. The zero-order chi connectivity index (χ0) is 26.1. The van der Waals surface area contributed by atoms with Crippen molar-refractivity contribution in [3.63, 3.8) is 0 Å². The van der Waals surface area contributed by atoms with Gasteiger partial charge in [-0.1, -0.05) is 60.7 Å². The molecule has 1 saturated carbocycles. The van der Waals surface area contributed by atoms with E-state index in [1.807, 2.05) is 49.3 Å². The molecule has 2 N–H and O–H groups in total. The lowest BCUT2D eigenvalue weighted by Gasteiger charge is -2.29. The molecule has 6 rings (SSSR count). The maximum Gasteiger partial charge on any atom is 0.244 e. The third-order valence-corrected chi connectivity index (χ3v) is 7.75. The molecule has 1 fully saturated rings. The summed E-state index contributed by atoms with van der Waals surface area (Å²) in [7, 11) is 4.02. The van der Waals surface area contributed by atoms with E-state index in [0.29, 0.717) is 24.5 Å². The van der Waals surface area contributed by atoms with E-state index in [1.165, 1.54) is 11.1 Å². The van der Waals surface area contributed by atoms with E-state index in [9.17, 15) is 4.79 Å². The minimum Gasteiger partial charge on any atom is -0.362 e. The van der Waals surface area contributed by atoms with E-state index in [1.54, 1.807) is 6.08 Å². The fraction of sp³-hybridized carbons (Fsp3) is 0.281. The van der Waals surface area contributed by atoms with E-state index >= 15 is 0 Å². The zero-order valence-corrected chi connectivity index (χ0v) is 21.9. The van der Waals surface area contributed by atoms with Crippen LogP contribution in [-0.4, -0.2) is 42.6 Å². The fourth-order valence-corrected chi connectivity index (χ4v) is 5.79. The van der Waals surface area contributed by atoms with Crippen molar-refractivity contribution in [1.29, 1.82) is 0 Å². The van der Waals surface area contributed by atoms with Gasteiger partial charge < -0.3 is 15.5 Å². The van der Waals surface area contributed by atoms with Crippen molar-refractivity contribution in [2.24, 2.45) is 5.92 Å². The minimum absolute atomic E-state index is 0.0208. The molecule has 4 aromatic rings. The van der Waals surface area contributed by atoms with Gasteiger partial charge in [-0.15, -0.1) is 0 Å². The van der Waals surface area contributed by atoms with E-state index in [4.69, 9.17) is 9.97 Å². The third kappa shape index (κ3) is 4.74. The first-order valence-corrected chi connectivity index (χ1v) is 13.5. The van der Waals surface area contributed by atoms with Crippen LogP contribution in [0.3, 0.4) is 0 Å². The summed E-state index contributed by atoms with van der Waals surface area (Å²) in [5, 5.41) is 7.81. The minimum atomic E-state index is -0.0208. The number of carbonyl (C=O) groups excluding carboxylic acids is 1. The van der Waals surface area contributed by atoms with Crippen molar-refractivity contribution in [1.82, 2.24) is 15.3 Å². The van der Waals surface area contributed by atoms with Gasteiger partial charge in [-0.25, -0.2) is 4.98 Å². The molecule has 0 unspecified atom stereocenters. The Morgan fingerprint density at radius 1 is 0.842 bits per heavy atom. The number of benzene rings is 3. The van der Waals surface area contributed by atoms with Crippen molar-refractivity contribution in [3.8, 4) is 11.1 Å². The Balaban J connectivity index is 1.06. The zero-order valence-electron chi connectivity index (χ0n) is 21.9. The molecule has 38 heavy (non-hydrogen) atoms. The van der Waals surface area contributed by atoms with Crippen molar-refractivity contribution in [3.05, 3.63) is 90.0 Å². The van der Waals surface area contributed by atoms with Gasteiger partial charge in [0.25, 0.3) is 0 Å². The molecule has 6 nitrogen and oxygen atoms in total. The Labute approximate surface area is 223 Å². The number of hydrogen-bond donors (Lipinski definition) is 2. The van der Waals surface area contributed by atoms with Gasteiger partial charge in [0, 0.05) is 38.1 Å². The summed E-state index contributed by atoms with van der Waals surface area (Å²) in [4.78, 5) is 24.5. The van der Waals surface area contributed by atoms with Gasteiger partial charge in [0.1, 0.15) is 5.82 Å². The SMILES string of the molecule is CN(C)c1nc(N[C@H]2CC[C@@H](CNC(=O)C=C3c4ccccc4-c4ccccc43)CC2)nc2ccccc12. The molecule has 6 heteroatoms. The Kier molecular flexibility index (Phi) is 6.54. The lowest BCUT2D eigenvalue weighted by atomic mass is 9.86. The fourth-order valence-electron chi connectivity index (χ4n) is 5.79. The number of rotatable bonds is 6. The second-order valence-corrected chi connectivity index (χ2v) is 10.5. The molecule has 3 aromatic carbocycles. The number of carbonyl (C=O) groups is 1. The van der Waals surface area contributed by atoms with Crippen LogP contribution in [-0.2, 0) is 4.79 Å². The largest absolute Gasteiger partial charge is 0.362 e. The van der Waals surface area contributed by atoms with Gasteiger partial charge in [0.15, 0.2) is 0 Å². The number of fused-ring (bicyclic) bond motifs is 4. The van der Waals surface area contributed by atoms with E-state index < -0.39 is 0 Å². The highest BCUT2D eigenvalue weighted by molar-refractivity contribution is 6.08. The van der Waals surface area contributed by atoms with Crippen LogP contribution in [0.15, 0.2) is 78.9 Å². The summed E-state index contributed by atoms with van der Waals surface area (Å²) in [6.45, 7) is 0.704. The number of nitrogens with zero attached hydrogens (tertiary/aromatic N) is 3. The van der Waals surface area contributed by atoms with Crippen LogP contribution in [0.25, 0.3) is 27.6 Å². The maximum absolute atomic E-state index is 12.9. The van der Waals surface area contributed by atoms with Crippen LogP contribution in [0.4, 0.5) is 11.8 Å². The number of hydrogen-bond acceptors (Lipinski definition) is 5. The summed E-state index contributed by atoms with van der Waals surface area (Å²) < 4.78 is 0. The molecule has 1 aromatic heterocycles. The molecule has 2 aliphatic carbocycles. The van der Waals surface area contributed by atoms with Crippen molar-refractivity contribution >= 4 is 34.1 Å². The summed E-state index contributed by atoms with van der Waals surface area (Å²) in [5.74, 6) is 2.07. The summed E-state index contributed by atoms with van der Waals surface area (Å²) in [6, 6.07) is 25.1. The lowest BCUT2D eigenvalue weighted by Crippen LogP contribution is -2.33. The first-order chi connectivity index (χ1) is 18.6. The number of anilines is 2. The standard InChI is InChI=1S/C32H33N5O/c1-37(2)31-27-13-7-8-14-29(27)35-32(36-31)34-22-17-15-21(16-18-22)20-33-30(38)19-28-25-11-5-3-9-23(25)24-10-4-6-12-26(24)28/h3-14,19,21-22H,15-18,20H2,1-2H3,(H,33,38)(H,34,35,36)/t21-,22+. The monoisotopic (exact) mass is 503 g/mol. The van der Waals surface area contributed by atoms with Crippen molar-refractivity contribution in [2.45, 2.75) is 31.7 Å². The first kappa shape index (κ1) is 24.2. The van der Waals surface area contributed by atoms with Gasteiger partial charge in [-0.3, -0.25) is 4.79 Å². The molecule has 1 amide bonds. The maximum atomic E-state index is 12.9. The average molecular weight is 504 g/mol. The molecule has 0 atom stereocenters. The highest BCUT2D eigenvalue weighted by Crippen LogP contribution is 2.43. The molecule has 0 radical (unpaired) electrons. The van der Waals surface area contributed by atoms with E-state index in [0.717, 1.165) is 59.1 Å². The third-order valence-electron chi connectivity index (χ3n) is 7.75.